The van der Waals surface area contributed by atoms with Crippen molar-refractivity contribution in [2.24, 2.45) is 11.8 Å². The number of hydrogen-bond acceptors (Lipinski definition) is 7. The Morgan fingerprint density at radius 1 is 0.793 bits per heavy atom. The fraction of sp³-hybridized carbons (Fsp3) is 0.455. The van der Waals surface area contributed by atoms with E-state index < -0.39 is 0 Å². The van der Waals surface area contributed by atoms with Crippen molar-refractivity contribution in [1.29, 1.82) is 0 Å². The predicted molar refractivity (Wildman–Crippen MR) is 105 cm³/mol. The third-order valence-electron chi connectivity index (χ3n) is 5.92. The molecule has 7 heteroatoms. The number of ether oxygens (including phenoxy) is 6. The Labute approximate surface area is 170 Å². The molecule has 2 heterocycles. The van der Waals surface area contributed by atoms with E-state index in [1.54, 1.807) is 19.2 Å². The molecule has 0 unspecified atom stereocenters. The molecule has 0 bridgehead atoms. The second-order valence-corrected chi connectivity index (χ2v) is 7.43. The molecule has 0 radical (unpaired) electrons. The molecule has 0 saturated carbocycles. The number of phenolic OH excluding ortho intramolecular Hbond substituents is 1. The number of methoxy groups -OCH3 is 3. The maximum Gasteiger partial charge on any atom is 0.231 e. The van der Waals surface area contributed by atoms with E-state index in [4.69, 9.17) is 28.4 Å². The summed E-state index contributed by atoms with van der Waals surface area (Å²) in [4.78, 5) is 0. The lowest BCUT2D eigenvalue weighted by atomic mass is 9.85. The third-order valence-corrected chi connectivity index (χ3v) is 5.92. The Balaban J connectivity index is 1.69. The normalized spacial score (nSPS) is 25.1. The molecule has 156 valence electrons. The molecule has 29 heavy (non-hydrogen) atoms. The number of hydrogen-bond donors (Lipinski definition) is 1. The van der Waals surface area contributed by atoms with Crippen molar-refractivity contribution in [2.75, 3.05) is 28.1 Å². The lowest BCUT2D eigenvalue weighted by Gasteiger charge is -2.19. The number of rotatable bonds is 5. The van der Waals surface area contributed by atoms with Crippen LogP contribution in [0.5, 0.6) is 34.5 Å². The quantitative estimate of drug-likeness (QED) is 0.802. The van der Waals surface area contributed by atoms with Crippen molar-refractivity contribution >= 4 is 0 Å². The molecule has 2 aliphatic rings. The molecule has 0 aromatic heterocycles. The van der Waals surface area contributed by atoms with Crippen LogP contribution >= 0.6 is 0 Å². The van der Waals surface area contributed by atoms with E-state index in [2.05, 4.69) is 13.8 Å². The van der Waals surface area contributed by atoms with Crippen LogP contribution in [-0.4, -0.2) is 33.2 Å². The number of fused-ring (bicyclic) bond motifs is 1. The lowest BCUT2D eigenvalue weighted by Crippen LogP contribution is -2.10. The van der Waals surface area contributed by atoms with Crippen LogP contribution in [0.2, 0.25) is 0 Å². The van der Waals surface area contributed by atoms with E-state index in [0.29, 0.717) is 28.7 Å². The average Bonchev–Trinajstić information content (AvgIpc) is 3.32. The molecular weight excluding hydrogens is 376 g/mol. The van der Waals surface area contributed by atoms with Gasteiger partial charge in [0.25, 0.3) is 0 Å². The van der Waals surface area contributed by atoms with E-state index in [-0.39, 0.29) is 36.6 Å². The zero-order valence-electron chi connectivity index (χ0n) is 17.2. The Hall–Kier alpha value is -2.80. The summed E-state index contributed by atoms with van der Waals surface area (Å²) in [6.07, 6.45) is -0.334. The number of aromatic hydroxyl groups is 1. The fourth-order valence-corrected chi connectivity index (χ4v) is 4.11. The van der Waals surface area contributed by atoms with Crippen LogP contribution in [0.25, 0.3) is 0 Å². The van der Waals surface area contributed by atoms with Gasteiger partial charge in [-0.15, -0.1) is 0 Å². The van der Waals surface area contributed by atoms with Gasteiger partial charge < -0.3 is 33.5 Å². The summed E-state index contributed by atoms with van der Waals surface area (Å²) in [7, 11) is 4.64. The third kappa shape index (κ3) is 3.19. The van der Waals surface area contributed by atoms with E-state index in [0.717, 1.165) is 11.1 Å². The molecule has 1 saturated heterocycles. The van der Waals surface area contributed by atoms with Gasteiger partial charge in [-0.2, -0.15) is 0 Å². The fourth-order valence-electron chi connectivity index (χ4n) is 4.11. The SMILES string of the molecule is COc1cc([C@@H]2O[C@H](c3cc(OC)c4c(c3)OCO4)[C@H](C)[C@@H]2C)cc(OC)c1O. The standard InChI is InChI=1S/C22H26O7/c1-11-12(2)21(14-8-17(26-5)22-18(9-14)27-10-28-22)29-20(11)13-6-15(24-3)19(23)16(7-13)25-4/h6-9,11-12,20-21,23H,10H2,1-5H3/t11-,12+,20+,21-/m0/s1. The highest BCUT2D eigenvalue weighted by Gasteiger charge is 2.42. The van der Waals surface area contributed by atoms with Crippen molar-refractivity contribution in [3.8, 4) is 34.5 Å². The maximum atomic E-state index is 10.2. The molecule has 2 aliphatic heterocycles. The van der Waals surface area contributed by atoms with Crippen molar-refractivity contribution in [3.05, 3.63) is 35.4 Å². The summed E-state index contributed by atoms with van der Waals surface area (Å²) in [6, 6.07) is 7.50. The van der Waals surface area contributed by atoms with Crippen LogP contribution in [0.3, 0.4) is 0 Å². The Bertz CT molecular complexity index is 861. The highest BCUT2D eigenvalue weighted by molar-refractivity contribution is 5.56. The molecule has 2 aromatic rings. The Morgan fingerprint density at radius 2 is 1.31 bits per heavy atom. The lowest BCUT2D eigenvalue weighted by molar-refractivity contribution is 0.0286. The highest BCUT2D eigenvalue weighted by atomic mass is 16.7. The first kappa shape index (κ1) is 19.5. The predicted octanol–water partition coefficient (Wildman–Crippen LogP) is 4.23. The average molecular weight is 402 g/mol. The molecule has 7 nitrogen and oxygen atoms in total. The van der Waals surface area contributed by atoms with Gasteiger partial charge in [0.2, 0.25) is 18.3 Å². The minimum Gasteiger partial charge on any atom is -0.502 e. The van der Waals surface area contributed by atoms with Crippen LogP contribution < -0.4 is 23.7 Å². The van der Waals surface area contributed by atoms with Crippen molar-refractivity contribution in [1.82, 2.24) is 0 Å². The van der Waals surface area contributed by atoms with Gasteiger partial charge in [0, 0.05) is 0 Å². The second-order valence-electron chi connectivity index (χ2n) is 7.43. The van der Waals surface area contributed by atoms with Gasteiger partial charge >= 0.3 is 0 Å². The largest absolute Gasteiger partial charge is 0.502 e. The first-order valence-corrected chi connectivity index (χ1v) is 9.56. The summed E-state index contributed by atoms with van der Waals surface area (Å²) in [5.41, 5.74) is 1.87. The van der Waals surface area contributed by atoms with Gasteiger partial charge in [-0.3, -0.25) is 0 Å². The topological polar surface area (TPSA) is 75.6 Å². The Kier molecular flexibility index (Phi) is 5.08. The molecule has 1 N–H and O–H groups in total. The maximum absolute atomic E-state index is 10.2. The minimum atomic E-state index is -0.185. The zero-order chi connectivity index (χ0) is 20.7. The van der Waals surface area contributed by atoms with Gasteiger partial charge in [-0.25, -0.2) is 0 Å². The van der Waals surface area contributed by atoms with E-state index in [9.17, 15) is 5.11 Å². The second kappa shape index (κ2) is 7.55. The first-order chi connectivity index (χ1) is 14.0. The van der Waals surface area contributed by atoms with Crippen LogP contribution in [0.15, 0.2) is 24.3 Å². The van der Waals surface area contributed by atoms with Crippen LogP contribution in [-0.2, 0) is 4.74 Å². The summed E-state index contributed by atoms with van der Waals surface area (Å²) in [5.74, 6) is 3.07. The van der Waals surface area contributed by atoms with Gasteiger partial charge in [-0.1, -0.05) is 13.8 Å². The molecule has 0 amide bonds. The highest BCUT2D eigenvalue weighted by Crippen LogP contribution is 2.53. The molecule has 4 rings (SSSR count). The zero-order valence-corrected chi connectivity index (χ0v) is 17.2. The van der Waals surface area contributed by atoms with E-state index >= 15 is 0 Å². The summed E-state index contributed by atoms with van der Waals surface area (Å²) in [6.45, 7) is 4.51. The summed E-state index contributed by atoms with van der Waals surface area (Å²) >= 11 is 0. The molecular formula is C22H26O7. The van der Waals surface area contributed by atoms with Gasteiger partial charge in [0.1, 0.15) is 0 Å². The molecule has 2 aromatic carbocycles. The van der Waals surface area contributed by atoms with Gasteiger partial charge in [0.05, 0.1) is 33.5 Å². The molecule has 0 spiro atoms. The summed E-state index contributed by atoms with van der Waals surface area (Å²) < 4.78 is 33.7. The number of benzene rings is 2. The van der Waals surface area contributed by atoms with Crippen molar-refractivity contribution in [2.45, 2.75) is 26.1 Å². The van der Waals surface area contributed by atoms with E-state index in [1.807, 2.05) is 12.1 Å². The molecule has 4 atom stereocenters. The monoisotopic (exact) mass is 402 g/mol. The van der Waals surface area contributed by atoms with Crippen LogP contribution in [0.1, 0.15) is 37.2 Å². The molecule has 1 fully saturated rings. The van der Waals surface area contributed by atoms with Gasteiger partial charge in [0.15, 0.2) is 23.0 Å². The molecule has 0 aliphatic carbocycles. The smallest absolute Gasteiger partial charge is 0.231 e. The van der Waals surface area contributed by atoms with Crippen LogP contribution in [0, 0.1) is 11.8 Å². The van der Waals surface area contributed by atoms with Crippen LogP contribution in [0.4, 0.5) is 0 Å². The van der Waals surface area contributed by atoms with Crippen molar-refractivity contribution < 1.29 is 33.5 Å². The van der Waals surface area contributed by atoms with Gasteiger partial charge in [-0.05, 0) is 47.2 Å². The first-order valence-electron chi connectivity index (χ1n) is 9.56. The van der Waals surface area contributed by atoms with E-state index in [1.165, 1.54) is 14.2 Å². The minimum absolute atomic E-state index is 0.0190. The number of phenols is 1. The summed E-state index contributed by atoms with van der Waals surface area (Å²) in [5, 5.41) is 10.2. The van der Waals surface area contributed by atoms with Crippen molar-refractivity contribution in [3.63, 3.8) is 0 Å². The Morgan fingerprint density at radius 3 is 1.86 bits per heavy atom.